The highest BCUT2D eigenvalue weighted by molar-refractivity contribution is 7.90. The summed E-state index contributed by atoms with van der Waals surface area (Å²) in [4.78, 5) is 11.7. The first kappa shape index (κ1) is 16.5. The van der Waals surface area contributed by atoms with Gasteiger partial charge in [-0.25, -0.2) is 13.2 Å². The van der Waals surface area contributed by atoms with E-state index in [4.69, 9.17) is 27.6 Å². The number of hydrogen-bond donors (Lipinski definition) is 2. The molecule has 0 aliphatic heterocycles. The second-order valence-electron chi connectivity index (χ2n) is 4.17. The normalized spacial score (nSPS) is 11.2. The van der Waals surface area contributed by atoms with Crippen LogP contribution < -0.4 is 10.6 Å². The molecule has 0 radical (unpaired) electrons. The number of rotatable bonds is 4. The number of benzene rings is 1. The molecule has 0 saturated heterocycles. The van der Waals surface area contributed by atoms with E-state index in [9.17, 15) is 13.2 Å². The SMILES string of the molecule is CS(=O)(=O)c1nnc(CNC(=O)Nc2ccc(Cl)c(Cl)c2)o1. The maximum absolute atomic E-state index is 11.7. The molecule has 2 N–H and O–H groups in total. The zero-order valence-corrected chi connectivity index (χ0v) is 13.5. The largest absolute Gasteiger partial charge is 0.411 e. The molecule has 0 atom stereocenters. The summed E-state index contributed by atoms with van der Waals surface area (Å²) in [7, 11) is -3.57. The summed E-state index contributed by atoms with van der Waals surface area (Å²) in [6.07, 6.45) is 0.939. The zero-order valence-electron chi connectivity index (χ0n) is 11.1. The molecule has 0 unspecified atom stereocenters. The van der Waals surface area contributed by atoms with Crippen molar-refractivity contribution in [2.75, 3.05) is 11.6 Å². The molecule has 0 aliphatic rings. The van der Waals surface area contributed by atoms with E-state index < -0.39 is 21.1 Å². The predicted molar refractivity (Wildman–Crippen MR) is 79.7 cm³/mol. The van der Waals surface area contributed by atoms with Gasteiger partial charge in [0, 0.05) is 11.9 Å². The minimum atomic E-state index is -3.57. The van der Waals surface area contributed by atoms with Gasteiger partial charge in [0.1, 0.15) is 0 Å². The molecule has 2 aromatic rings. The molecule has 2 rings (SSSR count). The number of hydrogen-bond acceptors (Lipinski definition) is 6. The highest BCUT2D eigenvalue weighted by Crippen LogP contribution is 2.24. The van der Waals surface area contributed by atoms with Gasteiger partial charge >= 0.3 is 11.3 Å². The van der Waals surface area contributed by atoms with E-state index in [0.29, 0.717) is 15.7 Å². The van der Waals surface area contributed by atoms with E-state index in [1.165, 1.54) is 12.1 Å². The quantitative estimate of drug-likeness (QED) is 0.858. The summed E-state index contributed by atoms with van der Waals surface area (Å²) in [5.41, 5.74) is 0.439. The Morgan fingerprint density at radius 3 is 2.59 bits per heavy atom. The van der Waals surface area contributed by atoms with Gasteiger partial charge in [0.15, 0.2) is 0 Å². The maximum Gasteiger partial charge on any atom is 0.335 e. The first-order valence-electron chi connectivity index (χ1n) is 5.78. The van der Waals surface area contributed by atoms with Gasteiger partial charge < -0.3 is 15.1 Å². The fourth-order valence-corrected chi connectivity index (χ4v) is 2.10. The molecule has 1 aromatic carbocycles. The number of anilines is 1. The van der Waals surface area contributed by atoms with Crippen LogP contribution >= 0.6 is 23.2 Å². The van der Waals surface area contributed by atoms with Crippen LogP contribution in [0.3, 0.4) is 0 Å². The number of urea groups is 1. The number of nitrogens with one attached hydrogen (secondary N) is 2. The third kappa shape index (κ3) is 4.33. The fraction of sp³-hybridized carbons (Fsp3) is 0.182. The molecule has 1 heterocycles. The van der Waals surface area contributed by atoms with Gasteiger partial charge in [0.05, 0.1) is 16.6 Å². The van der Waals surface area contributed by atoms with Gasteiger partial charge in [-0.05, 0) is 18.2 Å². The summed E-state index contributed by atoms with van der Waals surface area (Å²) in [6.45, 7) is -0.129. The molecule has 11 heteroatoms. The molecule has 2 amide bonds. The van der Waals surface area contributed by atoms with Gasteiger partial charge in [-0.3, -0.25) is 0 Å². The Morgan fingerprint density at radius 1 is 1.27 bits per heavy atom. The molecular weight excluding hydrogens is 355 g/mol. The summed E-state index contributed by atoms with van der Waals surface area (Å²) in [6, 6.07) is 4.04. The van der Waals surface area contributed by atoms with Crippen LogP contribution in [0.4, 0.5) is 10.5 Å². The zero-order chi connectivity index (χ0) is 16.3. The van der Waals surface area contributed by atoms with E-state index in [2.05, 4.69) is 20.8 Å². The first-order valence-corrected chi connectivity index (χ1v) is 8.43. The molecule has 0 fully saturated rings. The Morgan fingerprint density at radius 2 is 2.00 bits per heavy atom. The molecule has 0 spiro atoms. The van der Waals surface area contributed by atoms with E-state index in [0.717, 1.165) is 6.26 Å². The minimum absolute atomic E-state index is 0.0373. The van der Waals surface area contributed by atoms with Gasteiger partial charge in [0.25, 0.3) is 0 Å². The van der Waals surface area contributed by atoms with Crippen LogP contribution in [-0.2, 0) is 16.4 Å². The standard InChI is InChI=1S/C11H10Cl2N4O4S/c1-22(19,20)11-17-16-9(21-11)5-14-10(18)15-6-2-3-7(12)8(13)4-6/h2-4H,5H2,1H3,(H2,14,15,18). The van der Waals surface area contributed by atoms with Crippen molar-refractivity contribution in [2.45, 2.75) is 11.8 Å². The average Bonchev–Trinajstić information content (AvgIpc) is 2.89. The Hall–Kier alpha value is -1.84. The van der Waals surface area contributed by atoms with Crippen molar-refractivity contribution in [3.8, 4) is 0 Å². The van der Waals surface area contributed by atoms with Crippen LogP contribution in [0.15, 0.2) is 27.8 Å². The van der Waals surface area contributed by atoms with Crippen LogP contribution in [-0.4, -0.2) is 30.9 Å². The van der Waals surface area contributed by atoms with Gasteiger partial charge in [-0.15, -0.1) is 5.10 Å². The molecular formula is C11H10Cl2N4O4S. The molecule has 0 aliphatic carbocycles. The van der Waals surface area contributed by atoms with E-state index >= 15 is 0 Å². The molecule has 1 aromatic heterocycles. The van der Waals surface area contributed by atoms with Crippen molar-refractivity contribution < 1.29 is 17.6 Å². The Kier molecular flexibility index (Phi) is 4.89. The number of carbonyl (C=O) groups excluding carboxylic acids is 1. The number of sulfone groups is 1. The predicted octanol–water partition coefficient (Wildman–Crippen LogP) is 2.10. The first-order chi connectivity index (χ1) is 10.3. The van der Waals surface area contributed by atoms with Gasteiger partial charge in [0.2, 0.25) is 15.7 Å². The number of amides is 2. The lowest BCUT2D eigenvalue weighted by Crippen LogP contribution is -2.28. The van der Waals surface area contributed by atoms with Crippen molar-refractivity contribution in [2.24, 2.45) is 0 Å². The summed E-state index contributed by atoms with van der Waals surface area (Å²) in [5, 5.41) is 12.0. The molecule has 118 valence electrons. The molecule has 22 heavy (non-hydrogen) atoms. The Balaban J connectivity index is 1.92. The number of carbonyl (C=O) groups is 1. The smallest absolute Gasteiger partial charge is 0.335 e. The average molecular weight is 365 g/mol. The topological polar surface area (TPSA) is 114 Å². The van der Waals surface area contributed by atoms with Crippen LogP contribution in [0.5, 0.6) is 0 Å². The van der Waals surface area contributed by atoms with Crippen LogP contribution in [0.25, 0.3) is 0 Å². The summed E-state index contributed by atoms with van der Waals surface area (Å²) in [5.74, 6) is -0.0373. The molecule has 8 nitrogen and oxygen atoms in total. The van der Waals surface area contributed by atoms with Crippen LogP contribution in [0, 0.1) is 0 Å². The lowest BCUT2D eigenvalue weighted by atomic mass is 10.3. The second kappa shape index (κ2) is 6.51. The Bertz CT molecular complexity index is 806. The highest BCUT2D eigenvalue weighted by atomic mass is 35.5. The van der Waals surface area contributed by atoms with Crippen LogP contribution in [0.1, 0.15) is 5.89 Å². The highest BCUT2D eigenvalue weighted by Gasteiger charge is 2.16. The maximum atomic E-state index is 11.7. The van der Waals surface area contributed by atoms with Gasteiger partial charge in [-0.1, -0.05) is 28.3 Å². The number of nitrogens with zero attached hydrogens (tertiary/aromatic N) is 2. The van der Waals surface area contributed by atoms with E-state index in [1.54, 1.807) is 6.07 Å². The lowest BCUT2D eigenvalue weighted by molar-refractivity contribution is 0.250. The van der Waals surface area contributed by atoms with Crippen molar-refractivity contribution in [1.82, 2.24) is 15.5 Å². The third-order valence-electron chi connectivity index (χ3n) is 2.34. The van der Waals surface area contributed by atoms with E-state index in [-0.39, 0.29) is 12.4 Å². The fourth-order valence-electron chi connectivity index (χ4n) is 1.36. The summed E-state index contributed by atoms with van der Waals surface area (Å²) >= 11 is 11.6. The lowest BCUT2D eigenvalue weighted by Gasteiger charge is -2.06. The molecule has 0 bridgehead atoms. The minimum Gasteiger partial charge on any atom is -0.411 e. The van der Waals surface area contributed by atoms with E-state index in [1.807, 2.05) is 0 Å². The second-order valence-corrected chi connectivity index (χ2v) is 6.88. The van der Waals surface area contributed by atoms with Crippen molar-refractivity contribution in [1.29, 1.82) is 0 Å². The molecule has 0 saturated carbocycles. The van der Waals surface area contributed by atoms with Crippen molar-refractivity contribution in [3.63, 3.8) is 0 Å². The van der Waals surface area contributed by atoms with Crippen molar-refractivity contribution >= 4 is 44.8 Å². The third-order valence-corrected chi connectivity index (χ3v) is 3.88. The van der Waals surface area contributed by atoms with Gasteiger partial charge in [-0.2, -0.15) is 0 Å². The summed E-state index contributed by atoms with van der Waals surface area (Å²) < 4.78 is 27.2. The number of halogens is 2. The monoisotopic (exact) mass is 364 g/mol. The van der Waals surface area contributed by atoms with Crippen molar-refractivity contribution in [3.05, 3.63) is 34.1 Å². The number of aromatic nitrogens is 2. The Labute approximate surface area is 135 Å². The van der Waals surface area contributed by atoms with Crippen LogP contribution in [0.2, 0.25) is 10.0 Å².